The molecule has 0 bridgehead atoms. The number of thiazole rings is 1. The van der Waals surface area contributed by atoms with E-state index in [0.29, 0.717) is 6.04 Å². The first-order valence-electron chi connectivity index (χ1n) is 7.75. The van der Waals surface area contributed by atoms with Gasteiger partial charge in [0, 0.05) is 11.7 Å². The molecule has 2 nitrogen and oxygen atoms in total. The van der Waals surface area contributed by atoms with Crippen LogP contribution in [0.2, 0.25) is 0 Å². The summed E-state index contributed by atoms with van der Waals surface area (Å²) in [5, 5.41) is 4.89. The summed E-state index contributed by atoms with van der Waals surface area (Å²) in [6, 6.07) is 7.23. The molecule has 0 spiro atoms. The fraction of sp³-hybridized carbons (Fsp3) is 0.588. The quantitative estimate of drug-likeness (QED) is 0.836. The summed E-state index contributed by atoms with van der Waals surface area (Å²) in [4.78, 5) is 4.53. The maximum atomic E-state index is 4.53. The number of nitrogens with one attached hydrogen (secondary N) is 1. The molecule has 1 aromatic carbocycles. The Labute approximate surface area is 125 Å². The highest BCUT2D eigenvalue weighted by Crippen LogP contribution is 2.32. The number of rotatable bonds is 3. The van der Waals surface area contributed by atoms with Gasteiger partial charge in [0.1, 0.15) is 0 Å². The van der Waals surface area contributed by atoms with E-state index >= 15 is 0 Å². The monoisotopic (exact) mass is 288 g/mol. The van der Waals surface area contributed by atoms with Crippen LogP contribution in [0.4, 0.5) is 5.69 Å². The topological polar surface area (TPSA) is 24.9 Å². The van der Waals surface area contributed by atoms with Crippen molar-refractivity contribution in [3.63, 3.8) is 0 Å². The minimum atomic E-state index is 0.641. The van der Waals surface area contributed by atoms with Gasteiger partial charge in [-0.05, 0) is 49.8 Å². The Bertz CT molecular complexity index is 588. The largest absolute Gasteiger partial charge is 0.382 e. The van der Waals surface area contributed by atoms with E-state index in [9.17, 15) is 0 Å². The molecule has 2 unspecified atom stereocenters. The van der Waals surface area contributed by atoms with Crippen molar-refractivity contribution in [3.05, 3.63) is 23.2 Å². The third-order valence-corrected chi connectivity index (χ3v) is 5.46. The molecule has 3 rings (SSSR count). The van der Waals surface area contributed by atoms with Crippen molar-refractivity contribution in [3.8, 4) is 0 Å². The van der Waals surface area contributed by atoms with Crippen molar-refractivity contribution in [2.24, 2.45) is 11.8 Å². The highest BCUT2D eigenvalue weighted by Gasteiger charge is 2.23. The molecular weight excluding hydrogens is 264 g/mol. The smallest absolute Gasteiger partial charge is 0.0907 e. The summed E-state index contributed by atoms with van der Waals surface area (Å²) in [6.45, 7) is 6.80. The van der Waals surface area contributed by atoms with E-state index in [1.165, 1.54) is 36.1 Å². The lowest BCUT2D eigenvalue weighted by Gasteiger charge is -2.32. The number of aryl methyl sites for hydroxylation is 1. The van der Waals surface area contributed by atoms with E-state index in [-0.39, 0.29) is 0 Å². The number of nitrogens with zero attached hydrogens (tertiary/aromatic N) is 1. The van der Waals surface area contributed by atoms with Gasteiger partial charge in [-0.3, -0.25) is 0 Å². The Morgan fingerprint density at radius 3 is 2.95 bits per heavy atom. The van der Waals surface area contributed by atoms with Gasteiger partial charge in [0.05, 0.1) is 15.2 Å². The predicted octanol–water partition coefficient (Wildman–Crippen LogP) is 5.23. The zero-order valence-electron chi connectivity index (χ0n) is 12.6. The van der Waals surface area contributed by atoms with Crippen LogP contribution in [0.25, 0.3) is 10.2 Å². The van der Waals surface area contributed by atoms with Crippen LogP contribution in [-0.4, -0.2) is 11.0 Å². The Morgan fingerprint density at radius 2 is 2.15 bits per heavy atom. The summed E-state index contributed by atoms with van der Waals surface area (Å²) < 4.78 is 1.30. The molecule has 0 amide bonds. The molecule has 1 aliphatic rings. The number of hydrogen-bond donors (Lipinski definition) is 1. The molecule has 1 saturated carbocycles. The normalized spacial score (nSPS) is 23.4. The molecule has 108 valence electrons. The van der Waals surface area contributed by atoms with Crippen LogP contribution in [0.3, 0.4) is 0 Å². The molecule has 1 fully saturated rings. The Kier molecular flexibility index (Phi) is 3.97. The fourth-order valence-corrected chi connectivity index (χ4v) is 4.20. The van der Waals surface area contributed by atoms with Crippen LogP contribution in [0.5, 0.6) is 0 Å². The third-order valence-electron chi connectivity index (χ3n) is 4.52. The van der Waals surface area contributed by atoms with E-state index in [4.69, 9.17) is 0 Å². The van der Waals surface area contributed by atoms with Crippen LogP contribution in [-0.2, 0) is 0 Å². The molecule has 0 aliphatic heterocycles. The lowest BCUT2D eigenvalue weighted by Crippen LogP contribution is -2.29. The second kappa shape index (κ2) is 5.72. The Balaban J connectivity index is 1.72. The predicted molar refractivity (Wildman–Crippen MR) is 88.6 cm³/mol. The van der Waals surface area contributed by atoms with Gasteiger partial charge in [0.25, 0.3) is 0 Å². The van der Waals surface area contributed by atoms with Gasteiger partial charge in [-0.25, -0.2) is 4.98 Å². The van der Waals surface area contributed by atoms with Gasteiger partial charge < -0.3 is 5.32 Å². The van der Waals surface area contributed by atoms with Gasteiger partial charge in [-0.1, -0.05) is 26.7 Å². The number of anilines is 1. The number of hydrogen-bond acceptors (Lipinski definition) is 3. The van der Waals surface area contributed by atoms with Crippen LogP contribution >= 0.6 is 11.3 Å². The van der Waals surface area contributed by atoms with Crippen LogP contribution in [0, 0.1) is 18.8 Å². The Morgan fingerprint density at radius 1 is 1.30 bits per heavy atom. The molecule has 0 radical (unpaired) electrons. The van der Waals surface area contributed by atoms with Gasteiger partial charge >= 0.3 is 0 Å². The average molecular weight is 288 g/mol. The molecule has 1 heterocycles. The second-order valence-electron chi connectivity index (χ2n) is 6.43. The zero-order valence-corrected chi connectivity index (χ0v) is 13.5. The van der Waals surface area contributed by atoms with Crippen molar-refractivity contribution < 1.29 is 0 Å². The zero-order chi connectivity index (χ0) is 14.1. The number of fused-ring (bicyclic) bond motifs is 1. The number of aromatic nitrogens is 1. The van der Waals surface area contributed by atoms with Crippen molar-refractivity contribution in [2.75, 3.05) is 5.32 Å². The van der Waals surface area contributed by atoms with Gasteiger partial charge in [0.2, 0.25) is 0 Å². The fourth-order valence-electron chi connectivity index (χ4n) is 3.33. The number of benzene rings is 1. The SMILES string of the molecule is Cc1nc2ccc(NC3CCCC(C(C)C)C3)cc2s1. The van der Waals surface area contributed by atoms with Gasteiger partial charge in [0.15, 0.2) is 0 Å². The summed E-state index contributed by atoms with van der Waals surface area (Å²) in [7, 11) is 0. The van der Waals surface area contributed by atoms with Crippen LogP contribution < -0.4 is 5.32 Å². The lowest BCUT2D eigenvalue weighted by atomic mass is 9.79. The molecule has 1 aromatic heterocycles. The van der Waals surface area contributed by atoms with Crippen LogP contribution in [0.15, 0.2) is 18.2 Å². The lowest BCUT2D eigenvalue weighted by molar-refractivity contribution is 0.264. The van der Waals surface area contributed by atoms with Crippen molar-refractivity contribution in [2.45, 2.75) is 52.5 Å². The first-order valence-corrected chi connectivity index (χ1v) is 8.57. The minimum absolute atomic E-state index is 0.641. The van der Waals surface area contributed by atoms with E-state index in [2.05, 4.69) is 49.3 Å². The first-order chi connectivity index (χ1) is 9.61. The van der Waals surface area contributed by atoms with Crippen molar-refractivity contribution in [1.29, 1.82) is 0 Å². The summed E-state index contributed by atoms with van der Waals surface area (Å²) in [5.74, 6) is 1.70. The Hall–Kier alpha value is -1.09. The van der Waals surface area contributed by atoms with Crippen LogP contribution in [0.1, 0.15) is 44.5 Å². The van der Waals surface area contributed by atoms with E-state index in [0.717, 1.165) is 22.4 Å². The molecule has 20 heavy (non-hydrogen) atoms. The highest BCUT2D eigenvalue weighted by atomic mass is 32.1. The van der Waals surface area contributed by atoms with Gasteiger partial charge in [-0.2, -0.15) is 0 Å². The van der Waals surface area contributed by atoms with E-state index in [1.807, 2.05) is 0 Å². The molecule has 2 aromatic rings. The minimum Gasteiger partial charge on any atom is -0.382 e. The molecule has 1 aliphatic carbocycles. The molecule has 0 saturated heterocycles. The summed E-state index contributed by atoms with van der Waals surface area (Å²) in [6.07, 6.45) is 5.39. The van der Waals surface area contributed by atoms with Crippen molar-refractivity contribution in [1.82, 2.24) is 4.98 Å². The van der Waals surface area contributed by atoms with E-state index < -0.39 is 0 Å². The second-order valence-corrected chi connectivity index (χ2v) is 7.66. The molecular formula is C17H24N2S. The van der Waals surface area contributed by atoms with Crippen molar-refractivity contribution >= 4 is 27.2 Å². The maximum absolute atomic E-state index is 4.53. The standard InChI is InChI=1S/C17H24N2S/c1-11(2)13-5-4-6-14(9-13)19-15-7-8-16-17(10-15)20-12(3)18-16/h7-8,10-11,13-14,19H,4-6,9H2,1-3H3. The summed E-state index contributed by atoms with van der Waals surface area (Å²) >= 11 is 1.78. The van der Waals surface area contributed by atoms with Gasteiger partial charge in [-0.15, -0.1) is 11.3 Å². The van der Waals surface area contributed by atoms with E-state index in [1.54, 1.807) is 11.3 Å². The molecule has 1 N–H and O–H groups in total. The first kappa shape index (κ1) is 13.9. The summed E-state index contributed by atoms with van der Waals surface area (Å²) in [5.41, 5.74) is 2.39. The highest BCUT2D eigenvalue weighted by molar-refractivity contribution is 7.18. The maximum Gasteiger partial charge on any atom is 0.0907 e. The molecule has 3 heteroatoms. The third kappa shape index (κ3) is 2.98. The molecule has 2 atom stereocenters. The average Bonchev–Trinajstić information content (AvgIpc) is 2.78.